The van der Waals surface area contributed by atoms with E-state index in [1.807, 2.05) is 11.8 Å². The fourth-order valence-corrected chi connectivity index (χ4v) is 1.70. The highest BCUT2D eigenvalue weighted by atomic mass is 35.5. The van der Waals surface area contributed by atoms with Gasteiger partial charge in [-0.15, -0.1) is 6.58 Å². The first-order chi connectivity index (χ1) is 8.08. The summed E-state index contributed by atoms with van der Waals surface area (Å²) < 4.78 is 0. The summed E-state index contributed by atoms with van der Waals surface area (Å²) in [4.78, 5) is 17.0. The topological polar surface area (TPSA) is 53.4 Å². The molecule has 0 aromatic carbocycles. The lowest BCUT2D eigenvalue weighted by Gasteiger charge is -2.21. The average molecular weight is 255 g/mol. The van der Waals surface area contributed by atoms with Gasteiger partial charge in [0.25, 0.3) is 0 Å². The molecule has 5 heteroatoms. The van der Waals surface area contributed by atoms with Gasteiger partial charge >= 0.3 is 5.97 Å². The molecule has 4 nitrogen and oxygen atoms in total. The summed E-state index contributed by atoms with van der Waals surface area (Å²) in [5.74, 6) is -0.442. The van der Waals surface area contributed by atoms with E-state index in [2.05, 4.69) is 11.6 Å². The van der Waals surface area contributed by atoms with Crippen LogP contribution < -0.4 is 4.90 Å². The fourth-order valence-electron chi connectivity index (χ4n) is 1.49. The molecule has 0 atom stereocenters. The predicted molar refractivity (Wildman–Crippen MR) is 68.9 cm³/mol. The number of carbonyl (C=O) groups is 1. The van der Waals surface area contributed by atoms with E-state index in [-0.39, 0.29) is 10.7 Å². The zero-order valence-corrected chi connectivity index (χ0v) is 10.4. The molecular formula is C12H15ClN2O2. The number of aromatic nitrogens is 1. The van der Waals surface area contributed by atoms with Crippen LogP contribution in [0.2, 0.25) is 5.15 Å². The largest absolute Gasteiger partial charge is 0.478 e. The van der Waals surface area contributed by atoms with Crippen LogP contribution in [0.4, 0.5) is 5.82 Å². The molecule has 0 saturated carbocycles. The van der Waals surface area contributed by atoms with Gasteiger partial charge in [0.05, 0.1) is 5.56 Å². The van der Waals surface area contributed by atoms with Gasteiger partial charge in [0.15, 0.2) is 0 Å². The Labute approximate surface area is 106 Å². The Balaban J connectivity index is 3.08. The molecule has 92 valence electrons. The van der Waals surface area contributed by atoms with E-state index in [1.54, 1.807) is 6.08 Å². The van der Waals surface area contributed by atoms with Crippen molar-refractivity contribution in [2.24, 2.45) is 0 Å². The van der Waals surface area contributed by atoms with Crippen molar-refractivity contribution < 1.29 is 9.90 Å². The molecule has 0 aliphatic rings. The van der Waals surface area contributed by atoms with E-state index in [1.165, 1.54) is 12.1 Å². The number of hydrogen-bond donors (Lipinski definition) is 1. The van der Waals surface area contributed by atoms with Gasteiger partial charge in [-0.3, -0.25) is 0 Å². The number of hydrogen-bond acceptors (Lipinski definition) is 3. The van der Waals surface area contributed by atoms with Crippen molar-refractivity contribution in [2.45, 2.75) is 13.3 Å². The van der Waals surface area contributed by atoms with Gasteiger partial charge in [-0.1, -0.05) is 24.6 Å². The summed E-state index contributed by atoms with van der Waals surface area (Å²) in [6.45, 7) is 7.10. The van der Waals surface area contributed by atoms with Crippen LogP contribution in [0.15, 0.2) is 24.8 Å². The summed E-state index contributed by atoms with van der Waals surface area (Å²) in [6, 6.07) is 2.86. The Morgan fingerprint density at radius 3 is 2.88 bits per heavy atom. The maximum absolute atomic E-state index is 10.9. The minimum atomic E-state index is -1.01. The minimum absolute atomic E-state index is 0.144. The number of carboxylic acid groups (broad SMARTS) is 1. The second-order valence-corrected chi connectivity index (χ2v) is 3.96. The molecule has 17 heavy (non-hydrogen) atoms. The predicted octanol–water partition coefficient (Wildman–Crippen LogP) is 2.84. The van der Waals surface area contributed by atoms with Gasteiger partial charge in [-0.2, -0.15) is 0 Å². The van der Waals surface area contributed by atoms with E-state index in [0.717, 1.165) is 13.0 Å². The van der Waals surface area contributed by atoms with Crippen LogP contribution >= 0.6 is 11.6 Å². The van der Waals surface area contributed by atoms with E-state index in [4.69, 9.17) is 16.7 Å². The number of nitrogens with zero attached hydrogens (tertiary/aromatic N) is 2. The van der Waals surface area contributed by atoms with Gasteiger partial charge in [0.1, 0.15) is 11.0 Å². The lowest BCUT2D eigenvalue weighted by Crippen LogP contribution is -2.25. The first-order valence-corrected chi connectivity index (χ1v) is 5.73. The average Bonchev–Trinajstić information content (AvgIpc) is 2.28. The van der Waals surface area contributed by atoms with E-state index >= 15 is 0 Å². The maximum atomic E-state index is 10.9. The van der Waals surface area contributed by atoms with E-state index < -0.39 is 5.97 Å². The first-order valence-electron chi connectivity index (χ1n) is 5.35. The molecule has 0 radical (unpaired) electrons. The van der Waals surface area contributed by atoms with Crippen LogP contribution in [0, 0.1) is 0 Å². The molecular weight excluding hydrogens is 240 g/mol. The van der Waals surface area contributed by atoms with Gasteiger partial charge in [0, 0.05) is 13.1 Å². The molecule has 0 bridgehead atoms. The Kier molecular flexibility index (Phi) is 4.97. The first kappa shape index (κ1) is 13.5. The SMILES string of the molecule is C=CCN(CCC)c1cc(C(=O)O)cc(Cl)n1. The van der Waals surface area contributed by atoms with Crippen molar-refractivity contribution >= 4 is 23.4 Å². The molecule has 0 unspecified atom stereocenters. The fraction of sp³-hybridized carbons (Fsp3) is 0.333. The minimum Gasteiger partial charge on any atom is -0.478 e. The molecule has 1 heterocycles. The molecule has 0 amide bonds. The number of anilines is 1. The van der Waals surface area contributed by atoms with Crippen LogP contribution in [0.5, 0.6) is 0 Å². The van der Waals surface area contributed by atoms with E-state index in [9.17, 15) is 4.79 Å². The summed E-state index contributed by atoms with van der Waals surface area (Å²) in [5, 5.41) is 9.14. The molecule has 1 rings (SSSR count). The lowest BCUT2D eigenvalue weighted by atomic mass is 10.2. The molecule has 0 spiro atoms. The highest BCUT2D eigenvalue weighted by Gasteiger charge is 2.11. The summed E-state index contributed by atoms with van der Waals surface area (Å²) in [7, 11) is 0. The normalized spacial score (nSPS) is 10.0. The van der Waals surface area contributed by atoms with Gasteiger partial charge in [0.2, 0.25) is 0 Å². The van der Waals surface area contributed by atoms with Crippen molar-refractivity contribution in [2.75, 3.05) is 18.0 Å². The zero-order chi connectivity index (χ0) is 12.8. The third-order valence-corrected chi connectivity index (χ3v) is 2.39. The quantitative estimate of drug-likeness (QED) is 0.627. The third-order valence-electron chi connectivity index (χ3n) is 2.19. The molecule has 1 aromatic heterocycles. The Bertz CT molecular complexity index is 421. The molecule has 0 saturated heterocycles. The molecule has 0 aliphatic carbocycles. The maximum Gasteiger partial charge on any atom is 0.335 e. The number of halogens is 1. The van der Waals surface area contributed by atoms with Crippen molar-refractivity contribution in [3.8, 4) is 0 Å². The number of rotatable bonds is 6. The summed E-state index contributed by atoms with van der Waals surface area (Å²) >= 11 is 5.81. The van der Waals surface area contributed by atoms with Crippen LogP contribution in [0.1, 0.15) is 23.7 Å². The van der Waals surface area contributed by atoms with Crippen LogP contribution in [0.25, 0.3) is 0 Å². The van der Waals surface area contributed by atoms with Crippen molar-refractivity contribution in [1.29, 1.82) is 0 Å². The molecule has 1 aromatic rings. The Morgan fingerprint density at radius 2 is 2.35 bits per heavy atom. The summed E-state index contributed by atoms with van der Waals surface area (Å²) in [6.07, 6.45) is 2.68. The van der Waals surface area contributed by atoms with Crippen LogP contribution in [-0.2, 0) is 0 Å². The Morgan fingerprint density at radius 1 is 1.65 bits per heavy atom. The zero-order valence-electron chi connectivity index (χ0n) is 9.69. The van der Waals surface area contributed by atoms with Crippen molar-refractivity contribution in [3.63, 3.8) is 0 Å². The standard InChI is InChI=1S/C12H15ClN2O2/c1-3-5-15(6-4-2)11-8-9(12(16)17)7-10(13)14-11/h3,7-8H,1,4-6H2,2H3,(H,16,17). The smallest absolute Gasteiger partial charge is 0.335 e. The van der Waals surface area contributed by atoms with Crippen molar-refractivity contribution in [1.82, 2.24) is 4.98 Å². The highest BCUT2D eigenvalue weighted by Crippen LogP contribution is 2.18. The van der Waals surface area contributed by atoms with Crippen LogP contribution in [0.3, 0.4) is 0 Å². The lowest BCUT2D eigenvalue weighted by molar-refractivity contribution is 0.0697. The van der Waals surface area contributed by atoms with Gasteiger partial charge < -0.3 is 10.0 Å². The van der Waals surface area contributed by atoms with E-state index in [0.29, 0.717) is 12.4 Å². The Hall–Kier alpha value is -1.55. The molecule has 1 N–H and O–H groups in total. The van der Waals surface area contributed by atoms with Crippen LogP contribution in [-0.4, -0.2) is 29.1 Å². The number of pyridine rings is 1. The van der Waals surface area contributed by atoms with Gasteiger partial charge in [-0.25, -0.2) is 9.78 Å². The second-order valence-electron chi connectivity index (χ2n) is 3.58. The molecule has 0 fully saturated rings. The number of carboxylic acids is 1. The number of aromatic carboxylic acids is 1. The third kappa shape index (κ3) is 3.75. The highest BCUT2D eigenvalue weighted by molar-refractivity contribution is 6.29. The summed E-state index contributed by atoms with van der Waals surface area (Å²) in [5.41, 5.74) is 0.144. The monoisotopic (exact) mass is 254 g/mol. The van der Waals surface area contributed by atoms with Crippen molar-refractivity contribution in [3.05, 3.63) is 35.5 Å². The van der Waals surface area contributed by atoms with Gasteiger partial charge in [-0.05, 0) is 18.6 Å². The second kappa shape index (κ2) is 6.25. The molecule has 0 aliphatic heterocycles.